The van der Waals surface area contributed by atoms with Crippen LogP contribution in [0.5, 0.6) is 5.75 Å². The van der Waals surface area contributed by atoms with Gasteiger partial charge in [0.05, 0.1) is 18.7 Å². The number of aromatic nitrogens is 1. The molecule has 6 nitrogen and oxygen atoms in total. The summed E-state index contributed by atoms with van der Waals surface area (Å²) in [6.45, 7) is 4.01. The van der Waals surface area contributed by atoms with Crippen LogP contribution in [0, 0.1) is 13.8 Å². The maximum atomic E-state index is 13.2. The highest BCUT2D eigenvalue weighted by Crippen LogP contribution is 2.41. The normalized spacial score (nSPS) is 17.6. The van der Waals surface area contributed by atoms with Gasteiger partial charge in [0, 0.05) is 24.5 Å². The molecule has 2 aromatic carbocycles. The number of hydrogen-bond donors (Lipinski definition) is 1. The molecule has 0 bridgehead atoms. The molecule has 32 heavy (non-hydrogen) atoms. The first-order valence-corrected chi connectivity index (χ1v) is 10.3. The van der Waals surface area contributed by atoms with E-state index >= 15 is 0 Å². The predicted molar refractivity (Wildman–Crippen MR) is 121 cm³/mol. The molecule has 2 heterocycles. The minimum atomic E-state index is -0.702. The summed E-state index contributed by atoms with van der Waals surface area (Å²) in [6, 6.07) is 15.7. The SMILES string of the molecule is COc1ccc(/C(O)=C2\C(=O)C(=O)N(Cc3ccncc3)C2c2ccccc2C)cc1C. The number of aryl methyl sites for hydroxylation is 2. The highest BCUT2D eigenvalue weighted by molar-refractivity contribution is 6.46. The number of likely N-dealkylation sites (tertiary alicyclic amines) is 1. The van der Waals surface area contributed by atoms with Crippen LogP contribution in [0.3, 0.4) is 0 Å². The van der Waals surface area contributed by atoms with E-state index in [1.54, 1.807) is 49.8 Å². The molecule has 1 aliphatic rings. The summed E-state index contributed by atoms with van der Waals surface area (Å²) in [7, 11) is 1.57. The molecule has 1 aliphatic heterocycles. The molecule has 162 valence electrons. The minimum absolute atomic E-state index is 0.0860. The summed E-state index contributed by atoms with van der Waals surface area (Å²) in [5.74, 6) is -0.852. The zero-order chi connectivity index (χ0) is 22.8. The third-order valence-corrected chi connectivity index (χ3v) is 5.79. The second kappa shape index (κ2) is 8.67. The van der Waals surface area contributed by atoms with Gasteiger partial charge in [-0.15, -0.1) is 0 Å². The van der Waals surface area contributed by atoms with E-state index in [1.807, 2.05) is 38.1 Å². The first kappa shape index (κ1) is 21.3. The molecule has 4 rings (SSSR count). The molecular formula is C26H24N2O4. The van der Waals surface area contributed by atoms with Crippen molar-refractivity contribution >= 4 is 17.4 Å². The molecule has 1 N–H and O–H groups in total. The van der Waals surface area contributed by atoms with Gasteiger partial charge in [-0.3, -0.25) is 14.6 Å². The van der Waals surface area contributed by atoms with Gasteiger partial charge in [-0.1, -0.05) is 24.3 Å². The molecule has 6 heteroatoms. The zero-order valence-electron chi connectivity index (χ0n) is 18.2. The van der Waals surface area contributed by atoms with Crippen molar-refractivity contribution in [2.45, 2.75) is 26.4 Å². The predicted octanol–water partition coefficient (Wildman–Crippen LogP) is 4.33. The number of ketones is 1. The number of ether oxygens (including phenoxy) is 1. The van der Waals surface area contributed by atoms with Gasteiger partial charge in [0.25, 0.3) is 11.7 Å². The van der Waals surface area contributed by atoms with Crippen LogP contribution in [0.15, 0.2) is 72.6 Å². The first-order chi connectivity index (χ1) is 15.4. The Labute approximate surface area is 186 Å². The number of aliphatic hydroxyl groups is 1. The highest BCUT2D eigenvalue weighted by atomic mass is 16.5. The van der Waals surface area contributed by atoms with E-state index < -0.39 is 17.7 Å². The lowest BCUT2D eigenvalue weighted by molar-refractivity contribution is -0.140. The maximum absolute atomic E-state index is 13.2. The van der Waals surface area contributed by atoms with Crippen LogP contribution in [0.4, 0.5) is 0 Å². The number of methoxy groups -OCH3 is 1. The summed E-state index contributed by atoms with van der Waals surface area (Å²) < 4.78 is 5.30. The Morgan fingerprint density at radius 3 is 2.41 bits per heavy atom. The lowest BCUT2D eigenvalue weighted by atomic mass is 9.92. The molecule has 1 atom stereocenters. The molecule has 1 aromatic heterocycles. The van der Waals surface area contributed by atoms with Crippen molar-refractivity contribution in [3.63, 3.8) is 0 Å². The maximum Gasteiger partial charge on any atom is 0.295 e. The molecular weight excluding hydrogens is 404 g/mol. The smallest absolute Gasteiger partial charge is 0.295 e. The van der Waals surface area contributed by atoms with Gasteiger partial charge in [-0.25, -0.2) is 0 Å². The number of Topliss-reactive ketones (excluding diaryl/α,β-unsaturated/α-hetero) is 1. The van der Waals surface area contributed by atoms with E-state index in [0.717, 1.165) is 22.3 Å². The molecule has 0 saturated carbocycles. The van der Waals surface area contributed by atoms with Crippen molar-refractivity contribution in [3.05, 3.63) is 100 Å². The Bertz CT molecular complexity index is 1220. The van der Waals surface area contributed by atoms with Gasteiger partial charge in [0.2, 0.25) is 0 Å². The molecule has 3 aromatic rings. The van der Waals surface area contributed by atoms with Gasteiger partial charge >= 0.3 is 0 Å². The largest absolute Gasteiger partial charge is 0.507 e. The fourth-order valence-electron chi connectivity index (χ4n) is 4.13. The van der Waals surface area contributed by atoms with Crippen LogP contribution < -0.4 is 4.74 Å². The Balaban J connectivity index is 1.89. The van der Waals surface area contributed by atoms with Gasteiger partial charge in [0.1, 0.15) is 11.5 Å². The fraction of sp³-hybridized carbons (Fsp3) is 0.192. The van der Waals surface area contributed by atoms with Crippen molar-refractivity contribution in [3.8, 4) is 5.75 Å². The van der Waals surface area contributed by atoms with E-state index in [2.05, 4.69) is 4.98 Å². The number of carbonyl (C=O) groups is 2. The molecule has 0 spiro atoms. The van der Waals surface area contributed by atoms with Crippen LogP contribution in [0.1, 0.15) is 33.9 Å². The summed E-state index contributed by atoms with van der Waals surface area (Å²) >= 11 is 0. The average Bonchev–Trinajstić information content (AvgIpc) is 3.04. The van der Waals surface area contributed by atoms with Gasteiger partial charge in [-0.05, 0) is 66.4 Å². The topological polar surface area (TPSA) is 79.7 Å². The average molecular weight is 428 g/mol. The van der Waals surface area contributed by atoms with E-state index in [0.29, 0.717) is 11.3 Å². The monoisotopic (exact) mass is 428 g/mol. The van der Waals surface area contributed by atoms with Crippen molar-refractivity contribution in [1.29, 1.82) is 0 Å². The summed E-state index contributed by atoms with van der Waals surface area (Å²) in [5, 5.41) is 11.2. The van der Waals surface area contributed by atoms with E-state index in [-0.39, 0.29) is 17.9 Å². The fourth-order valence-corrected chi connectivity index (χ4v) is 4.13. The standard InChI is InChI=1S/C26H24N2O4/c1-16-6-4-5-7-20(16)23-22(24(29)19-8-9-21(32-3)17(2)14-19)25(30)26(31)28(23)15-18-10-12-27-13-11-18/h4-14,23,29H,15H2,1-3H3/b24-22+. The van der Waals surface area contributed by atoms with Crippen LogP contribution in [0.2, 0.25) is 0 Å². The molecule has 0 aliphatic carbocycles. The third-order valence-electron chi connectivity index (χ3n) is 5.79. The Morgan fingerprint density at radius 1 is 1.03 bits per heavy atom. The number of amides is 1. The van der Waals surface area contributed by atoms with E-state index in [9.17, 15) is 14.7 Å². The summed E-state index contributed by atoms with van der Waals surface area (Å²) in [6.07, 6.45) is 3.30. The number of rotatable bonds is 5. The van der Waals surface area contributed by atoms with Crippen LogP contribution in [-0.2, 0) is 16.1 Å². The summed E-state index contributed by atoms with van der Waals surface area (Å²) in [4.78, 5) is 31.8. The number of hydrogen-bond acceptors (Lipinski definition) is 5. The van der Waals surface area contributed by atoms with Crippen molar-refractivity contribution in [1.82, 2.24) is 9.88 Å². The lowest BCUT2D eigenvalue weighted by Crippen LogP contribution is -2.29. The van der Waals surface area contributed by atoms with Crippen LogP contribution in [0.25, 0.3) is 5.76 Å². The number of pyridine rings is 1. The van der Waals surface area contributed by atoms with Crippen molar-refractivity contribution in [2.24, 2.45) is 0 Å². The lowest BCUT2D eigenvalue weighted by Gasteiger charge is -2.26. The highest BCUT2D eigenvalue weighted by Gasteiger charge is 2.46. The second-order valence-electron chi connectivity index (χ2n) is 7.82. The third kappa shape index (κ3) is 3.75. The Morgan fingerprint density at radius 2 is 1.75 bits per heavy atom. The molecule has 1 amide bonds. The van der Waals surface area contributed by atoms with E-state index in [1.165, 1.54) is 4.90 Å². The van der Waals surface area contributed by atoms with Crippen LogP contribution in [-0.4, -0.2) is 33.8 Å². The second-order valence-corrected chi connectivity index (χ2v) is 7.82. The number of carbonyl (C=O) groups excluding carboxylic acids is 2. The molecule has 1 fully saturated rings. The molecule has 1 unspecified atom stereocenters. The first-order valence-electron chi connectivity index (χ1n) is 10.3. The van der Waals surface area contributed by atoms with E-state index in [4.69, 9.17) is 4.74 Å². The van der Waals surface area contributed by atoms with Gasteiger partial charge in [-0.2, -0.15) is 0 Å². The number of benzene rings is 2. The van der Waals surface area contributed by atoms with Crippen LogP contribution >= 0.6 is 0 Å². The Kier molecular flexibility index (Phi) is 5.77. The molecule has 0 radical (unpaired) electrons. The summed E-state index contributed by atoms with van der Waals surface area (Å²) in [5.41, 5.74) is 3.94. The zero-order valence-corrected chi connectivity index (χ0v) is 18.2. The van der Waals surface area contributed by atoms with Gasteiger partial charge in [0.15, 0.2) is 0 Å². The van der Waals surface area contributed by atoms with Crippen molar-refractivity contribution < 1.29 is 19.4 Å². The minimum Gasteiger partial charge on any atom is -0.507 e. The molecule has 1 saturated heterocycles. The number of aliphatic hydroxyl groups excluding tert-OH is 1. The quantitative estimate of drug-likeness (QED) is 0.372. The number of nitrogens with zero attached hydrogens (tertiary/aromatic N) is 2. The van der Waals surface area contributed by atoms with Crippen molar-refractivity contribution in [2.75, 3.05) is 7.11 Å². The van der Waals surface area contributed by atoms with Gasteiger partial charge < -0.3 is 14.7 Å². The Hall–Kier alpha value is -3.93.